The highest BCUT2D eigenvalue weighted by Crippen LogP contribution is 2.29. The van der Waals surface area contributed by atoms with E-state index in [0.29, 0.717) is 19.7 Å². The summed E-state index contributed by atoms with van der Waals surface area (Å²) in [6.45, 7) is 3.66. The Morgan fingerprint density at radius 1 is 1.15 bits per heavy atom. The van der Waals surface area contributed by atoms with Crippen molar-refractivity contribution in [1.29, 1.82) is 0 Å². The summed E-state index contributed by atoms with van der Waals surface area (Å²) in [5.41, 5.74) is 0.258. The van der Waals surface area contributed by atoms with E-state index in [1.54, 1.807) is 11.0 Å². The van der Waals surface area contributed by atoms with Crippen molar-refractivity contribution in [3.05, 3.63) is 58.9 Å². The SMILES string of the molecule is CCOc1ccccc1OC1CCN(C(=O)Cc2c(F)cccc2Cl)CC1. The average molecular weight is 392 g/mol. The Labute approximate surface area is 163 Å². The molecule has 0 saturated carbocycles. The van der Waals surface area contributed by atoms with Gasteiger partial charge in [-0.05, 0) is 31.2 Å². The maximum absolute atomic E-state index is 13.9. The minimum atomic E-state index is -0.443. The van der Waals surface area contributed by atoms with Gasteiger partial charge in [0.05, 0.1) is 13.0 Å². The first-order valence-electron chi connectivity index (χ1n) is 9.17. The second-order valence-corrected chi connectivity index (χ2v) is 6.86. The molecule has 0 aliphatic carbocycles. The monoisotopic (exact) mass is 391 g/mol. The molecule has 1 heterocycles. The van der Waals surface area contributed by atoms with Crippen molar-refractivity contribution < 1.29 is 18.7 Å². The third-order valence-corrected chi connectivity index (χ3v) is 4.98. The van der Waals surface area contributed by atoms with E-state index in [1.165, 1.54) is 12.1 Å². The number of rotatable bonds is 6. The molecule has 0 N–H and O–H groups in total. The standard InChI is InChI=1S/C21H23ClFNO3/c1-2-26-19-8-3-4-9-20(19)27-15-10-12-24(13-11-15)21(25)14-16-17(22)6-5-7-18(16)23/h3-9,15H,2,10-14H2,1H3. The number of nitrogens with zero attached hydrogens (tertiary/aromatic N) is 1. The number of halogens is 2. The van der Waals surface area contributed by atoms with E-state index in [0.717, 1.165) is 24.3 Å². The van der Waals surface area contributed by atoms with Gasteiger partial charge in [-0.1, -0.05) is 29.8 Å². The smallest absolute Gasteiger partial charge is 0.227 e. The molecule has 0 aromatic heterocycles. The highest BCUT2D eigenvalue weighted by atomic mass is 35.5. The number of benzene rings is 2. The molecule has 0 unspecified atom stereocenters. The van der Waals surface area contributed by atoms with Gasteiger partial charge in [0.25, 0.3) is 0 Å². The van der Waals surface area contributed by atoms with Crippen LogP contribution in [0.25, 0.3) is 0 Å². The number of para-hydroxylation sites is 2. The van der Waals surface area contributed by atoms with Gasteiger partial charge in [-0.3, -0.25) is 4.79 Å². The molecule has 0 radical (unpaired) electrons. The van der Waals surface area contributed by atoms with Crippen LogP contribution in [0.5, 0.6) is 11.5 Å². The Morgan fingerprint density at radius 2 is 1.85 bits per heavy atom. The van der Waals surface area contributed by atoms with Gasteiger partial charge in [-0.2, -0.15) is 0 Å². The Bertz CT molecular complexity index is 770. The van der Waals surface area contributed by atoms with E-state index in [9.17, 15) is 9.18 Å². The van der Waals surface area contributed by atoms with Crippen LogP contribution in [0.1, 0.15) is 25.3 Å². The minimum absolute atomic E-state index is 0.0210. The van der Waals surface area contributed by atoms with Crippen LogP contribution in [0.3, 0.4) is 0 Å². The maximum atomic E-state index is 13.9. The average Bonchev–Trinajstić information content (AvgIpc) is 2.67. The number of piperidine rings is 1. The van der Waals surface area contributed by atoms with Crippen LogP contribution < -0.4 is 9.47 Å². The fraction of sp³-hybridized carbons (Fsp3) is 0.381. The summed E-state index contributed by atoms with van der Waals surface area (Å²) in [6, 6.07) is 12.1. The first-order valence-corrected chi connectivity index (χ1v) is 9.55. The van der Waals surface area contributed by atoms with Crippen molar-refractivity contribution in [2.75, 3.05) is 19.7 Å². The van der Waals surface area contributed by atoms with Gasteiger partial charge in [0, 0.05) is 36.5 Å². The fourth-order valence-electron chi connectivity index (χ4n) is 3.19. The molecular formula is C21H23ClFNO3. The molecule has 1 amide bonds. The number of likely N-dealkylation sites (tertiary alicyclic amines) is 1. The van der Waals surface area contributed by atoms with Gasteiger partial charge < -0.3 is 14.4 Å². The molecule has 1 aliphatic heterocycles. The predicted molar refractivity (Wildman–Crippen MR) is 103 cm³/mol. The molecule has 0 bridgehead atoms. The summed E-state index contributed by atoms with van der Waals surface area (Å²) in [5.74, 6) is 0.895. The fourth-order valence-corrected chi connectivity index (χ4v) is 3.42. The number of hydrogen-bond donors (Lipinski definition) is 0. The van der Waals surface area contributed by atoms with Crippen molar-refractivity contribution in [3.63, 3.8) is 0 Å². The zero-order chi connectivity index (χ0) is 19.2. The Balaban J connectivity index is 1.55. The summed E-state index contributed by atoms with van der Waals surface area (Å²) in [4.78, 5) is 14.3. The predicted octanol–water partition coefficient (Wildman–Crippen LogP) is 4.49. The van der Waals surface area contributed by atoms with Gasteiger partial charge in [-0.25, -0.2) is 4.39 Å². The first-order chi connectivity index (χ1) is 13.1. The van der Waals surface area contributed by atoms with E-state index < -0.39 is 5.82 Å². The molecule has 144 valence electrons. The van der Waals surface area contributed by atoms with Gasteiger partial charge >= 0.3 is 0 Å². The molecule has 0 atom stereocenters. The van der Waals surface area contributed by atoms with Crippen LogP contribution in [-0.4, -0.2) is 36.6 Å². The summed E-state index contributed by atoms with van der Waals surface area (Å²) in [5, 5.41) is 0.286. The molecule has 1 saturated heterocycles. The summed E-state index contributed by atoms with van der Waals surface area (Å²) in [7, 11) is 0. The van der Waals surface area contributed by atoms with Crippen molar-refractivity contribution in [3.8, 4) is 11.5 Å². The Hall–Kier alpha value is -2.27. The van der Waals surface area contributed by atoms with Crippen LogP contribution in [0.4, 0.5) is 4.39 Å². The Kier molecular flexibility index (Phi) is 6.56. The van der Waals surface area contributed by atoms with E-state index in [1.807, 2.05) is 31.2 Å². The lowest BCUT2D eigenvalue weighted by atomic mass is 10.1. The normalized spacial score (nSPS) is 14.9. The van der Waals surface area contributed by atoms with Crippen LogP contribution in [0.2, 0.25) is 5.02 Å². The molecule has 3 rings (SSSR count). The summed E-state index contributed by atoms with van der Waals surface area (Å²) in [6.07, 6.45) is 1.44. The molecule has 0 spiro atoms. The first kappa shape index (κ1) is 19.5. The molecule has 1 aliphatic rings. The lowest BCUT2D eigenvalue weighted by Crippen LogP contribution is -2.42. The van der Waals surface area contributed by atoms with Crippen molar-refractivity contribution in [2.45, 2.75) is 32.3 Å². The largest absolute Gasteiger partial charge is 0.490 e. The molecule has 27 heavy (non-hydrogen) atoms. The zero-order valence-electron chi connectivity index (χ0n) is 15.3. The van der Waals surface area contributed by atoms with Crippen molar-refractivity contribution in [1.82, 2.24) is 4.90 Å². The second-order valence-electron chi connectivity index (χ2n) is 6.45. The third kappa shape index (κ3) is 4.92. The zero-order valence-corrected chi connectivity index (χ0v) is 16.0. The van der Waals surface area contributed by atoms with Gasteiger partial charge in [0.1, 0.15) is 11.9 Å². The highest BCUT2D eigenvalue weighted by Gasteiger charge is 2.25. The number of amides is 1. The number of hydrogen-bond acceptors (Lipinski definition) is 3. The van der Waals surface area contributed by atoms with Gasteiger partial charge in [0.2, 0.25) is 5.91 Å². The Morgan fingerprint density at radius 3 is 2.52 bits per heavy atom. The maximum Gasteiger partial charge on any atom is 0.227 e. The lowest BCUT2D eigenvalue weighted by molar-refractivity contribution is -0.132. The van der Waals surface area contributed by atoms with Crippen LogP contribution in [-0.2, 0) is 11.2 Å². The molecule has 4 nitrogen and oxygen atoms in total. The quantitative estimate of drug-likeness (QED) is 0.728. The van der Waals surface area contributed by atoms with Crippen LogP contribution in [0, 0.1) is 5.82 Å². The lowest BCUT2D eigenvalue weighted by Gasteiger charge is -2.32. The highest BCUT2D eigenvalue weighted by molar-refractivity contribution is 6.31. The number of carbonyl (C=O) groups is 1. The van der Waals surface area contributed by atoms with Crippen LogP contribution in [0.15, 0.2) is 42.5 Å². The van der Waals surface area contributed by atoms with Gasteiger partial charge in [-0.15, -0.1) is 0 Å². The molecule has 2 aromatic rings. The van der Waals surface area contributed by atoms with E-state index in [-0.39, 0.29) is 29.0 Å². The topological polar surface area (TPSA) is 38.8 Å². The van der Waals surface area contributed by atoms with Crippen molar-refractivity contribution in [2.24, 2.45) is 0 Å². The summed E-state index contributed by atoms with van der Waals surface area (Å²) >= 11 is 6.02. The van der Waals surface area contributed by atoms with E-state index >= 15 is 0 Å². The molecular weight excluding hydrogens is 369 g/mol. The second kappa shape index (κ2) is 9.09. The molecule has 6 heteroatoms. The minimum Gasteiger partial charge on any atom is -0.490 e. The van der Waals surface area contributed by atoms with Crippen molar-refractivity contribution >= 4 is 17.5 Å². The molecule has 2 aromatic carbocycles. The van der Waals surface area contributed by atoms with E-state index in [2.05, 4.69) is 0 Å². The molecule has 1 fully saturated rings. The van der Waals surface area contributed by atoms with Gasteiger partial charge in [0.15, 0.2) is 11.5 Å². The summed E-state index contributed by atoms with van der Waals surface area (Å²) < 4.78 is 25.6. The van der Waals surface area contributed by atoms with Crippen LogP contribution >= 0.6 is 11.6 Å². The third-order valence-electron chi connectivity index (χ3n) is 4.63. The number of carbonyl (C=O) groups excluding carboxylic acids is 1. The van der Waals surface area contributed by atoms with E-state index in [4.69, 9.17) is 21.1 Å². The number of ether oxygens (including phenoxy) is 2.